The number of para-hydroxylation sites is 1. The van der Waals surface area contributed by atoms with Crippen LogP contribution in [0.2, 0.25) is 0 Å². The highest BCUT2D eigenvalue weighted by molar-refractivity contribution is 5.86. The largest absolute Gasteiger partial charge is 0.394 e. The van der Waals surface area contributed by atoms with Gasteiger partial charge in [0.2, 0.25) is 0 Å². The van der Waals surface area contributed by atoms with Crippen LogP contribution in [0, 0.1) is 0 Å². The lowest BCUT2D eigenvalue weighted by Gasteiger charge is -2.22. The van der Waals surface area contributed by atoms with Crippen LogP contribution in [0.3, 0.4) is 0 Å². The molecule has 1 aromatic carbocycles. The highest BCUT2D eigenvalue weighted by Gasteiger charge is 2.44. The summed E-state index contributed by atoms with van der Waals surface area (Å²) >= 11 is 0. The van der Waals surface area contributed by atoms with Gasteiger partial charge in [0.25, 0.3) is 0 Å². The number of aliphatic hydroxyl groups is 3. The van der Waals surface area contributed by atoms with E-state index in [1.165, 1.54) is 12.7 Å². The zero-order valence-electron chi connectivity index (χ0n) is 15.0. The van der Waals surface area contributed by atoms with Gasteiger partial charge in [-0.15, -0.1) is 6.58 Å². The van der Waals surface area contributed by atoms with Crippen LogP contribution >= 0.6 is 0 Å². The first kappa shape index (κ1) is 18.5. The van der Waals surface area contributed by atoms with E-state index in [1.54, 1.807) is 10.6 Å². The lowest BCUT2D eigenvalue weighted by atomic mass is 10.1. The zero-order valence-corrected chi connectivity index (χ0v) is 15.0. The molecule has 28 heavy (non-hydrogen) atoms. The number of benzene rings is 1. The molecule has 0 saturated carbocycles. The fourth-order valence-corrected chi connectivity index (χ4v) is 3.38. The Labute approximate surface area is 161 Å². The molecule has 9 heteroatoms. The van der Waals surface area contributed by atoms with Crippen LogP contribution in [0.25, 0.3) is 11.2 Å². The van der Waals surface area contributed by atoms with E-state index in [2.05, 4.69) is 21.5 Å². The van der Waals surface area contributed by atoms with Gasteiger partial charge in [-0.2, -0.15) is 0 Å². The molecule has 4 rings (SSSR count). The number of nitrogens with zero attached hydrogens (tertiary/aromatic N) is 5. The molecule has 1 aliphatic rings. The molecule has 0 radical (unpaired) electrons. The number of anilines is 2. The summed E-state index contributed by atoms with van der Waals surface area (Å²) in [5.74, 6) is 0.585. The Morgan fingerprint density at radius 3 is 2.61 bits per heavy atom. The molecular weight excluding hydrogens is 362 g/mol. The second kappa shape index (κ2) is 7.64. The van der Waals surface area contributed by atoms with Crippen molar-refractivity contribution in [2.75, 3.05) is 18.1 Å². The number of hydrogen-bond acceptors (Lipinski definition) is 8. The number of hydrogen-bond donors (Lipinski definition) is 3. The molecule has 2 aromatic heterocycles. The second-order valence-electron chi connectivity index (χ2n) is 6.49. The van der Waals surface area contributed by atoms with Gasteiger partial charge >= 0.3 is 0 Å². The number of aromatic nitrogens is 4. The molecule has 1 saturated heterocycles. The first-order valence-electron chi connectivity index (χ1n) is 8.89. The Morgan fingerprint density at radius 2 is 1.93 bits per heavy atom. The van der Waals surface area contributed by atoms with E-state index in [0.717, 1.165) is 5.69 Å². The molecule has 0 unspecified atom stereocenters. The van der Waals surface area contributed by atoms with E-state index < -0.39 is 31.1 Å². The fourth-order valence-electron chi connectivity index (χ4n) is 3.38. The second-order valence-corrected chi connectivity index (χ2v) is 6.49. The van der Waals surface area contributed by atoms with Gasteiger partial charge in [0.15, 0.2) is 23.2 Å². The molecule has 4 atom stereocenters. The molecule has 0 bridgehead atoms. The standard InChI is InChI=1S/C19H21N5O4/c1-2-8-23(12-6-4-3-5-7-12)17-14-18(21-10-20-17)24(11-22-14)19-16(27)15(26)13(9-25)28-19/h2-7,10-11,13,15-16,19,25-27H,1,8-9H2/t13-,15-,16-,19-/m1/s1. The Kier molecular flexibility index (Phi) is 5.05. The zero-order chi connectivity index (χ0) is 19.7. The van der Waals surface area contributed by atoms with Gasteiger partial charge < -0.3 is 25.0 Å². The van der Waals surface area contributed by atoms with Crippen LogP contribution in [0.1, 0.15) is 6.23 Å². The summed E-state index contributed by atoms with van der Waals surface area (Å²) in [4.78, 5) is 15.1. The van der Waals surface area contributed by atoms with Gasteiger partial charge in [0.1, 0.15) is 24.6 Å². The molecule has 1 aliphatic heterocycles. The minimum absolute atomic E-state index is 0.400. The van der Waals surface area contributed by atoms with E-state index in [4.69, 9.17) is 4.74 Å². The first-order chi connectivity index (χ1) is 13.7. The molecule has 1 fully saturated rings. The molecule has 0 spiro atoms. The van der Waals surface area contributed by atoms with Crippen molar-refractivity contribution in [3.8, 4) is 0 Å². The fraction of sp³-hybridized carbons (Fsp3) is 0.316. The van der Waals surface area contributed by atoms with E-state index in [-0.39, 0.29) is 0 Å². The molecule has 0 amide bonds. The molecule has 9 nitrogen and oxygen atoms in total. The number of ether oxygens (including phenoxy) is 1. The lowest BCUT2D eigenvalue weighted by molar-refractivity contribution is -0.0511. The summed E-state index contributed by atoms with van der Waals surface area (Å²) in [6.45, 7) is 3.93. The third kappa shape index (κ3) is 3.04. The maximum absolute atomic E-state index is 10.3. The summed E-state index contributed by atoms with van der Waals surface area (Å²) in [6, 6.07) is 9.71. The smallest absolute Gasteiger partial charge is 0.167 e. The molecule has 3 N–H and O–H groups in total. The monoisotopic (exact) mass is 383 g/mol. The average molecular weight is 383 g/mol. The third-order valence-electron chi connectivity index (χ3n) is 4.77. The van der Waals surface area contributed by atoms with Gasteiger partial charge in [0, 0.05) is 12.2 Å². The predicted octanol–water partition coefficient (Wildman–Crippen LogP) is 0.762. The number of fused-ring (bicyclic) bond motifs is 1. The molecule has 3 aromatic rings. The van der Waals surface area contributed by atoms with E-state index >= 15 is 0 Å². The summed E-state index contributed by atoms with van der Waals surface area (Å²) < 4.78 is 7.15. The van der Waals surface area contributed by atoms with E-state index in [9.17, 15) is 15.3 Å². The van der Waals surface area contributed by atoms with Crippen molar-refractivity contribution in [2.45, 2.75) is 24.5 Å². The van der Waals surface area contributed by atoms with Crippen LogP contribution in [0.5, 0.6) is 0 Å². The Balaban J connectivity index is 1.78. The van der Waals surface area contributed by atoms with Crippen LogP contribution < -0.4 is 4.90 Å². The topological polar surface area (TPSA) is 117 Å². The van der Waals surface area contributed by atoms with Gasteiger partial charge in [0.05, 0.1) is 12.9 Å². The van der Waals surface area contributed by atoms with Crippen molar-refractivity contribution in [3.63, 3.8) is 0 Å². The van der Waals surface area contributed by atoms with E-state index in [1.807, 2.05) is 35.2 Å². The van der Waals surface area contributed by atoms with Gasteiger partial charge in [-0.25, -0.2) is 15.0 Å². The number of rotatable bonds is 6. The summed E-state index contributed by atoms with van der Waals surface area (Å²) in [7, 11) is 0. The average Bonchev–Trinajstić information content (AvgIpc) is 3.28. The summed E-state index contributed by atoms with van der Waals surface area (Å²) in [6.07, 6.45) is 0.465. The summed E-state index contributed by atoms with van der Waals surface area (Å²) in [5, 5.41) is 29.7. The van der Waals surface area contributed by atoms with Crippen LogP contribution in [-0.4, -0.2) is 66.3 Å². The first-order valence-corrected chi connectivity index (χ1v) is 8.89. The van der Waals surface area contributed by atoms with Crippen molar-refractivity contribution in [2.24, 2.45) is 0 Å². The summed E-state index contributed by atoms with van der Waals surface area (Å²) in [5.41, 5.74) is 1.89. The third-order valence-corrected chi connectivity index (χ3v) is 4.77. The van der Waals surface area contributed by atoms with Gasteiger partial charge in [-0.1, -0.05) is 24.3 Å². The molecule has 3 heterocycles. The quantitative estimate of drug-likeness (QED) is 0.534. The molecule has 0 aliphatic carbocycles. The Hall–Kier alpha value is -2.85. The lowest BCUT2D eigenvalue weighted by Crippen LogP contribution is -2.33. The van der Waals surface area contributed by atoms with Crippen molar-refractivity contribution < 1.29 is 20.1 Å². The highest BCUT2D eigenvalue weighted by atomic mass is 16.6. The molecule has 146 valence electrons. The maximum atomic E-state index is 10.3. The Bertz CT molecular complexity index is 963. The van der Waals surface area contributed by atoms with Gasteiger partial charge in [-0.05, 0) is 12.1 Å². The highest BCUT2D eigenvalue weighted by Crippen LogP contribution is 2.34. The minimum Gasteiger partial charge on any atom is -0.394 e. The molecular formula is C19H21N5O4. The van der Waals surface area contributed by atoms with Crippen LogP contribution in [-0.2, 0) is 4.74 Å². The van der Waals surface area contributed by atoms with Gasteiger partial charge in [-0.3, -0.25) is 4.57 Å². The van der Waals surface area contributed by atoms with Crippen LogP contribution in [0.15, 0.2) is 55.6 Å². The van der Waals surface area contributed by atoms with Crippen molar-refractivity contribution in [1.82, 2.24) is 19.5 Å². The SMILES string of the molecule is C=CCN(c1ccccc1)c1ncnc2c1ncn2[C@@H]1O[C@H](CO)[C@@H](O)[C@H]1O. The number of imidazole rings is 1. The Morgan fingerprint density at radius 1 is 1.14 bits per heavy atom. The van der Waals surface area contributed by atoms with Crippen molar-refractivity contribution >= 4 is 22.7 Å². The van der Waals surface area contributed by atoms with Crippen molar-refractivity contribution in [1.29, 1.82) is 0 Å². The number of aliphatic hydroxyl groups excluding tert-OH is 3. The van der Waals surface area contributed by atoms with Crippen LogP contribution in [0.4, 0.5) is 11.5 Å². The minimum atomic E-state index is -1.22. The van der Waals surface area contributed by atoms with Crippen molar-refractivity contribution in [3.05, 3.63) is 55.6 Å². The predicted molar refractivity (Wildman–Crippen MR) is 102 cm³/mol. The maximum Gasteiger partial charge on any atom is 0.167 e. The van der Waals surface area contributed by atoms with E-state index in [0.29, 0.717) is 23.5 Å². The normalized spacial score (nSPS) is 24.5.